The van der Waals surface area contributed by atoms with E-state index in [1.54, 1.807) is 11.2 Å². The summed E-state index contributed by atoms with van der Waals surface area (Å²) in [5.41, 5.74) is 0. The molecule has 6 nitrogen and oxygen atoms in total. The maximum atomic E-state index is 12.6. The molecule has 1 saturated heterocycles. The number of aromatic amines is 1. The van der Waals surface area contributed by atoms with Crippen LogP contribution >= 0.6 is 0 Å². The van der Waals surface area contributed by atoms with Crippen LogP contribution < -0.4 is 5.32 Å². The Hall–Kier alpha value is -0.920. The van der Waals surface area contributed by atoms with Crippen molar-refractivity contribution in [1.82, 2.24) is 19.6 Å². The molecule has 0 aliphatic carbocycles. The molecular formula is C13H24N4O2S. The van der Waals surface area contributed by atoms with Gasteiger partial charge in [0.25, 0.3) is 10.0 Å². The predicted octanol–water partition coefficient (Wildman–Crippen LogP) is 1.12. The van der Waals surface area contributed by atoms with Crippen molar-refractivity contribution >= 4 is 10.0 Å². The van der Waals surface area contributed by atoms with Gasteiger partial charge in [0.2, 0.25) is 0 Å². The van der Waals surface area contributed by atoms with Crippen LogP contribution in [-0.4, -0.2) is 48.4 Å². The first-order valence-electron chi connectivity index (χ1n) is 7.20. The number of hydrogen-bond acceptors (Lipinski definition) is 4. The molecule has 0 amide bonds. The van der Waals surface area contributed by atoms with Crippen molar-refractivity contribution in [3.63, 3.8) is 0 Å². The van der Waals surface area contributed by atoms with E-state index in [4.69, 9.17) is 0 Å². The monoisotopic (exact) mass is 300 g/mol. The average molecular weight is 300 g/mol. The molecule has 0 bridgehead atoms. The minimum Gasteiger partial charge on any atom is -0.332 e. The van der Waals surface area contributed by atoms with Gasteiger partial charge in [0.15, 0.2) is 5.03 Å². The molecule has 0 spiro atoms. The number of H-pyrrole nitrogens is 1. The summed E-state index contributed by atoms with van der Waals surface area (Å²) >= 11 is 0. The largest absolute Gasteiger partial charge is 0.332 e. The summed E-state index contributed by atoms with van der Waals surface area (Å²) in [6.45, 7) is 8.03. The molecule has 114 valence electrons. The Kier molecular flexibility index (Phi) is 4.82. The highest BCUT2D eigenvalue weighted by Gasteiger charge is 2.33. The van der Waals surface area contributed by atoms with E-state index < -0.39 is 10.0 Å². The fourth-order valence-corrected chi connectivity index (χ4v) is 4.26. The van der Waals surface area contributed by atoms with Crippen LogP contribution in [0.2, 0.25) is 0 Å². The third kappa shape index (κ3) is 3.21. The van der Waals surface area contributed by atoms with Gasteiger partial charge in [0.05, 0.1) is 6.20 Å². The number of hydrogen-bond donors (Lipinski definition) is 2. The standard InChI is InChI=1S/C13H24N4O2S/c1-4-14-10(2)12-6-5-7-17(9-12)20(18,19)13-8-15-11(3)16-13/h8,10,12,14H,4-7,9H2,1-3H3,(H,15,16). The second-order valence-electron chi connectivity index (χ2n) is 5.44. The molecule has 2 heterocycles. The highest BCUT2D eigenvalue weighted by atomic mass is 32.2. The van der Waals surface area contributed by atoms with Gasteiger partial charge in [-0.05, 0) is 39.2 Å². The molecule has 2 atom stereocenters. The SMILES string of the molecule is CCNC(C)C1CCCN(S(=O)(=O)c2cnc(C)[nH]2)C1. The molecule has 2 rings (SSSR count). The first-order chi connectivity index (χ1) is 9.45. The molecule has 2 unspecified atom stereocenters. The molecular weight excluding hydrogens is 276 g/mol. The Morgan fingerprint density at radius 3 is 2.95 bits per heavy atom. The topological polar surface area (TPSA) is 78.1 Å². The maximum Gasteiger partial charge on any atom is 0.260 e. The molecule has 2 N–H and O–H groups in total. The second-order valence-corrected chi connectivity index (χ2v) is 7.35. The van der Waals surface area contributed by atoms with Crippen molar-refractivity contribution in [1.29, 1.82) is 0 Å². The van der Waals surface area contributed by atoms with Crippen molar-refractivity contribution in [3.05, 3.63) is 12.0 Å². The molecule has 7 heteroatoms. The highest BCUT2D eigenvalue weighted by Crippen LogP contribution is 2.24. The van der Waals surface area contributed by atoms with Gasteiger partial charge in [-0.2, -0.15) is 4.31 Å². The number of imidazole rings is 1. The number of sulfonamides is 1. The van der Waals surface area contributed by atoms with E-state index in [1.807, 2.05) is 0 Å². The Morgan fingerprint density at radius 1 is 1.60 bits per heavy atom. The van der Waals surface area contributed by atoms with Crippen LogP contribution in [0, 0.1) is 12.8 Å². The molecule has 0 aromatic carbocycles. The van der Waals surface area contributed by atoms with Crippen molar-refractivity contribution < 1.29 is 8.42 Å². The van der Waals surface area contributed by atoms with Crippen LogP contribution in [0.15, 0.2) is 11.2 Å². The maximum absolute atomic E-state index is 12.6. The summed E-state index contributed by atoms with van der Waals surface area (Å²) < 4.78 is 26.7. The van der Waals surface area contributed by atoms with Crippen molar-refractivity contribution in [2.45, 2.75) is 44.7 Å². The summed E-state index contributed by atoms with van der Waals surface area (Å²) in [5, 5.41) is 3.59. The Balaban J connectivity index is 2.12. The van der Waals surface area contributed by atoms with Gasteiger partial charge in [-0.1, -0.05) is 6.92 Å². The van der Waals surface area contributed by atoms with Gasteiger partial charge in [-0.25, -0.2) is 13.4 Å². The van der Waals surface area contributed by atoms with Crippen LogP contribution in [0.3, 0.4) is 0 Å². The summed E-state index contributed by atoms with van der Waals surface area (Å²) in [7, 11) is -3.44. The van der Waals surface area contributed by atoms with E-state index >= 15 is 0 Å². The van der Waals surface area contributed by atoms with E-state index in [2.05, 4.69) is 29.1 Å². The molecule has 1 fully saturated rings. The van der Waals surface area contributed by atoms with Gasteiger partial charge in [0.1, 0.15) is 5.82 Å². The zero-order valence-electron chi connectivity index (χ0n) is 12.4. The molecule has 0 radical (unpaired) electrons. The quantitative estimate of drug-likeness (QED) is 0.854. The lowest BCUT2D eigenvalue weighted by molar-refractivity contribution is 0.225. The minimum atomic E-state index is -3.44. The first kappa shape index (κ1) is 15.5. The van der Waals surface area contributed by atoms with E-state index in [1.165, 1.54) is 6.20 Å². The molecule has 1 aromatic heterocycles. The average Bonchev–Trinajstić information content (AvgIpc) is 2.86. The number of nitrogens with one attached hydrogen (secondary N) is 2. The van der Waals surface area contributed by atoms with Gasteiger partial charge < -0.3 is 10.3 Å². The van der Waals surface area contributed by atoms with Gasteiger partial charge in [-0.15, -0.1) is 0 Å². The van der Waals surface area contributed by atoms with Crippen LogP contribution in [0.5, 0.6) is 0 Å². The van der Waals surface area contributed by atoms with E-state index in [-0.39, 0.29) is 5.03 Å². The Morgan fingerprint density at radius 2 is 2.35 bits per heavy atom. The minimum absolute atomic E-state index is 0.201. The van der Waals surface area contributed by atoms with E-state index in [0.717, 1.165) is 19.4 Å². The zero-order chi connectivity index (χ0) is 14.8. The van der Waals surface area contributed by atoms with E-state index in [9.17, 15) is 8.42 Å². The lowest BCUT2D eigenvalue weighted by atomic mass is 9.93. The number of nitrogens with zero attached hydrogens (tertiary/aromatic N) is 2. The molecule has 20 heavy (non-hydrogen) atoms. The number of aryl methyl sites for hydroxylation is 1. The second kappa shape index (κ2) is 6.24. The Bertz CT molecular complexity index is 540. The third-order valence-corrected chi connectivity index (χ3v) is 5.73. The molecule has 1 aliphatic heterocycles. The predicted molar refractivity (Wildman–Crippen MR) is 77.9 cm³/mol. The number of rotatable bonds is 5. The van der Waals surface area contributed by atoms with Crippen molar-refractivity contribution in [3.8, 4) is 0 Å². The summed E-state index contributed by atoms with van der Waals surface area (Å²) in [4.78, 5) is 6.81. The molecule has 1 aliphatic rings. The van der Waals surface area contributed by atoms with E-state index in [0.29, 0.717) is 30.9 Å². The lowest BCUT2D eigenvalue weighted by Gasteiger charge is -2.34. The van der Waals surface area contributed by atoms with Crippen molar-refractivity contribution in [2.24, 2.45) is 5.92 Å². The van der Waals surface area contributed by atoms with Gasteiger partial charge >= 0.3 is 0 Å². The summed E-state index contributed by atoms with van der Waals surface area (Å²) in [6, 6.07) is 0.335. The normalized spacial score (nSPS) is 22.9. The number of aromatic nitrogens is 2. The van der Waals surface area contributed by atoms with Crippen LogP contribution in [0.4, 0.5) is 0 Å². The van der Waals surface area contributed by atoms with Gasteiger partial charge in [0, 0.05) is 19.1 Å². The number of piperidine rings is 1. The van der Waals surface area contributed by atoms with Crippen LogP contribution in [0.1, 0.15) is 32.5 Å². The summed E-state index contributed by atoms with van der Waals surface area (Å²) in [6.07, 6.45) is 3.39. The Labute approximate surface area is 121 Å². The fourth-order valence-electron chi connectivity index (χ4n) is 2.76. The van der Waals surface area contributed by atoms with Gasteiger partial charge in [-0.3, -0.25) is 0 Å². The molecule has 0 saturated carbocycles. The van der Waals surface area contributed by atoms with Crippen LogP contribution in [0.25, 0.3) is 0 Å². The molecule has 1 aromatic rings. The third-order valence-electron chi connectivity index (χ3n) is 3.95. The van der Waals surface area contributed by atoms with Crippen LogP contribution in [-0.2, 0) is 10.0 Å². The van der Waals surface area contributed by atoms with Crippen molar-refractivity contribution in [2.75, 3.05) is 19.6 Å². The first-order valence-corrected chi connectivity index (χ1v) is 8.64. The fraction of sp³-hybridized carbons (Fsp3) is 0.769. The lowest BCUT2D eigenvalue weighted by Crippen LogP contribution is -2.46. The summed E-state index contributed by atoms with van der Waals surface area (Å²) in [5.74, 6) is 0.987. The highest BCUT2D eigenvalue weighted by molar-refractivity contribution is 7.89. The smallest absolute Gasteiger partial charge is 0.260 e. The zero-order valence-corrected chi connectivity index (χ0v) is 13.2.